The van der Waals surface area contributed by atoms with Crippen LogP contribution in [0.4, 0.5) is 0 Å². The van der Waals surface area contributed by atoms with Crippen molar-refractivity contribution in [3.63, 3.8) is 0 Å². The van der Waals surface area contributed by atoms with E-state index in [-0.39, 0.29) is 17.9 Å². The van der Waals surface area contributed by atoms with E-state index < -0.39 is 11.5 Å². The number of nitrogens with two attached hydrogens (primary N) is 1. The Labute approximate surface area is 125 Å². The molecule has 0 aromatic carbocycles. The first-order chi connectivity index (χ1) is 9.93. The molecule has 0 heterocycles. The Hall–Kier alpha value is -1.10. The molecule has 3 saturated carbocycles. The molecule has 0 aromatic heterocycles. The first kappa shape index (κ1) is 14.8. The summed E-state index contributed by atoms with van der Waals surface area (Å²) in [6.07, 6.45) is 6.19. The molecular weight excluding hydrogens is 268 g/mol. The molecule has 1 amide bonds. The molecule has 0 aromatic rings. The molecule has 0 aliphatic heterocycles. The van der Waals surface area contributed by atoms with Gasteiger partial charge in [-0.25, -0.2) is 4.79 Å². The zero-order valence-corrected chi connectivity index (χ0v) is 12.7. The minimum Gasteiger partial charge on any atom is -0.480 e. The summed E-state index contributed by atoms with van der Waals surface area (Å²) in [6, 6.07) is -0.0874. The van der Waals surface area contributed by atoms with Gasteiger partial charge in [0, 0.05) is 6.04 Å². The Morgan fingerprint density at radius 1 is 1.24 bits per heavy atom. The normalized spacial score (nSPS) is 45.5. The fourth-order valence-electron chi connectivity index (χ4n) is 4.96. The van der Waals surface area contributed by atoms with Crippen molar-refractivity contribution in [2.75, 3.05) is 0 Å². The maximum atomic E-state index is 12.7. The predicted molar refractivity (Wildman–Crippen MR) is 78.4 cm³/mol. The van der Waals surface area contributed by atoms with Crippen LogP contribution in [0.3, 0.4) is 0 Å². The van der Waals surface area contributed by atoms with E-state index in [2.05, 4.69) is 12.2 Å². The van der Waals surface area contributed by atoms with Gasteiger partial charge in [0.1, 0.15) is 5.54 Å². The molecule has 4 N–H and O–H groups in total. The van der Waals surface area contributed by atoms with Crippen molar-refractivity contribution in [3.8, 4) is 0 Å². The maximum absolute atomic E-state index is 12.7. The minimum atomic E-state index is -1.07. The van der Waals surface area contributed by atoms with Gasteiger partial charge in [-0.3, -0.25) is 4.79 Å². The highest BCUT2D eigenvalue weighted by Crippen LogP contribution is 2.48. The van der Waals surface area contributed by atoms with E-state index >= 15 is 0 Å². The first-order valence-corrected chi connectivity index (χ1v) is 8.24. The highest BCUT2D eigenvalue weighted by atomic mass is 16.4. The molecule has 6 atom stereocenters. The van der Waals surface area contributed by atoms with Gasteiger partial charge in [-0.05, 0) is 49.9 Å². The van der Waals surface area contributed by atoms with E-state index in [9.17, 15) is 14.7 Å². The van der Waals surface area contributed by atoms with Gasteiger partial charge >= 0.3 is 5.97 Å². The number of fused-ring (bicyclic) bond motifs is 2. The molecule has 0 radical (unpaired) electrons. The number of amides is 1. The summed E-state index contributed by atoms with van der Waals surface area (Å²) < 4.78 is 0. The third kappa shape index (κ3) is 2.45. The van der Waals surface area contributed by atoms with Crippen LogP contribution in [-0.2, 0) is 9.59 Å². The molecule has 3 rings (SSSR count). The number of rotatable bonds is 3. The second kappa shape index (κ2) is 5.27. The molecule has 6 unspecified atom stereocenters. The van der Waals surface area contributed by atoms with Gasteiger partial charge in [-0.15, -0.1) is 0 Å². The highest BCUT2D eigenvalue weighted by Gasteiger charge is 2.51. The molecule has 3 fully saturated rings. The van der Waals surface area contributed by atoms with Crippen LogP contribution in [0.15, 0.2) is 0 Å². The van der Waals surface area contributed by atoms with Crippen LogP contribution in [-0.4, -0.2) is 28.6 Å². The van der Waals surface area contributed by atoms with E-state index in [4.69, 9.17) is 5.73 Å². The molecule has 21 heavy (non-hydrogen) atoms. The summed E-state index contributed by atoms with van der Waals surface area (Å²) in [5.41, 5.74) is 5.14. The number of nitrogens with one attached hydrogen (secondary N) is 1. The summed E-state index contributed by atoms with van der Waals surface area (Å²) in [5, 5.41) is 12.6. The molecular formula is C16H26N2O3. The van der Waals surface area contributed by atoms with Crippen molar-refractivity contribution in [1.29, 1.82) is 0 Å². The summed E-state index contributed by atoms with van der Waals surface area (Å²) in [4.78, 5) is 24.4. The van der Waals surface area contributed by atoms with Crippen LogP contribution >= 0.6 is 0 Å². The quantitative estimate of drug-likeness (QED) is 0.735. The average molecular weight is 294 g/mol. The monoisotopic (exact) mass is 294 g/mol. The molecule has 0 saturated heterocycles. The lowest BCUT2D eigenvalue weighted by molar-refractivity contribution is -0.151. The second-order valence-corrected chi connectivity index (χ2v) is 7.51. The lowest BCUT2D eigenvalue weighted by atomic mass is 9.75. The van der Waals surface area contributed by atoms with E-state index in [1.54, 1.807) is 0 Å². The van der Waals surface area contributed by atoms with Crippen LogP contribution in [0, 0.1) is 23.7 Å². The van der Waals surface area contributed by atoms with Gasteiger partial charge < -0.3 is 16.2 Å². The van der Waals surface area contributed by atoms with Gasteiger partial charge in [0.25, 0.3) is 0 Å². The predicted octanol–water partition coefficient (Wildman–Crippen LogP) is 1.51. The molecule has 2 bridgehead atoms. The van der Waals surface area contributed by atoms with Gasteiger partial charge in [-0.2, -0.15) is 0 Å². The van der Waals surface area contributed by atoms with Gasteiger partial charge in [0.05, 0.1) is 5.92 Å². The first-order valence-electron chi connectivity index (χ1n) is 8.24. The Kier molecular flexibility index (Phi) is 3.72. The third-order valence-electron chi connectivity index (χ3n) is 6.05. The van der Waals surface area contributed by atoms with Crippen LogP contribution in [0.2, 0.25) is 0 Å². The maximum Gasteiger partial charge on any atom is 0.329 e. The standard InChI is InChI=1S/C16H26N2O3/c1-9-3-2-6-16(8-9,15(20)21)18-14(19)12-10-4-5-11(7-10)13(12)17/h9-13H,2-8,17H2,1H3,(H,18,19)(H,20,21). The van der Waals surface area contributed by atoms with Crippen molar-refractivity contribution in [1.82, 2.24) is 5.32 Å². The van der Waals surface area contributed by atoms with Crippen molar-refractivity contribution in [2.24, 2.45) is 29.4 Å². The van der Waals surface area contributed by atoms with Crippen molar-refractivity contribution >= 4 is 11.9 Å². The van der Waals surface area contributed by atoms with Crippen LogP contribution in [0.25, 0.3) is 0 Å². The molecule has 5 heteroatoms. The summed E-state index contributed by atoms with van der Waals surface area (Å²) in [7, 11) is 0. The fraction of sp³-hybridized carbons (Fsp3) is 0.875. The topological polar surface area (TPSA) is 92.4 Å². The Bertz CT molecular complexity index is 451. The Morgan fingerprint density at radius 3 is 2.52 bits per heavy atom. The lowest BCUT2D eigenvalue weighted by Gasteiger charge is -2.39. The zero-order chi connectivity index (χ0) is 15.2. The van der Waals surface area contributed by atoms with Crippen LogP contribution in [0.1, 0.15) is 51.9 Å². The zero-order valence-electron chi connectivity index (χ0n) is 12.7. The lowest BCUT2D eigenvalue weighted by Crippen LogP contribution is -2.60. The molecule has 0 spiro atoms. The molecule has 118 valence electrons. The van der Waals surface area contributed by atoms with Crippen molar-refractivity contribution < 1.29 is 14.7 Å². The molecule has 5 nitrogen and oxygen atoms in total. The second-order valence-electron chi connectivity index (χ2n) is 7.51. The number of hydrogen-bond acceptors (Lipinski definition) is 3. The van der Waals surface area contributed by atoms with Crippen LogP contribution < -0.4 is 11.1 Å². The highest BCUT2D eigenvalue weighted by molar-refractivity contribution is 5.89. The average Bonchev–Trinajstić information content (AvgIpc) is 2.98. The molecule has 3 aliphatic carbocycles. The minimum absolute atomic E-state index is 0.0874. The van der Waals surface area contributed by atoms with Crippen LogP contribution in [0.5, 0.6) is 0 Å². The SMILES string of the molecule is CC1CCCC(NC(=O)C2C3CCC(C3)C2N)(C(=O)O)C1. The Balaban J connectivity index is 1.74. The van der Waals surface area contributed by atoms with E-state index in [1.807, 2.05) is 0 Å². The van der Waals surface area contributed by atoms with Gasteiger partial charge in [0.2, 0.25) is 5.91 Å². The van der Waals surface area contributed by atoms with Crippen molar-refractivity contribution in [2.45, 2.75) is 63.5 Å². The number of carbonyl (C=O) groups excluding carboxylic acids is 1. The summed E-state index contributed by atoms with van der Waals surface area (Å²) >= 11 is 0. The van der Waals surface area contributed by atoms with E-state index in [0.29, 0.717) is 30.6 Å². The number of carboxylic acids is 1. The fourth-order valence-corrected chi connectivity index (χ4v) is 4.96. The van der Waals surface area contributed by atoms with E-state index in [1.165, 1.54) is 0 Å². The number of aliphatic carboxylic acids is 1. The number of carbonyl (C=O) groups is 2. The van der Waals surface area contributed by atoms with Gasteiger partial charge in [-0.1, -0.05) is 19.8 Å². The Morgan fingerprint density at radius 2 is 1.95 bits per heavy atom. The third-order valence-corrected chi connectivity index (χ3v) is 6.05. The molecule has 3 aliphatic rings. The largest absolute Gasteiger partial charge is 0.480 e. The van der Waals surface area contributed by atoms with E-state index in [0.717, 1.165) is 32.1 Å². The van der Waals surface area contributed by atoms with Crippen molar-refractivity contribution in [3.05, 3.63) is 0 Å². The number of carboxylic acid groups (broad SMARTS) is 1. The smallest absolute Gasteiger partial charge is 0.329 e. The van der Waals surface area contributed by atoms with Gasteiger partial charge in [0.15, 0.2) is 0 Å². The summed E-state index contributed by atoms with van der Waals surface area (Å²) in [6.45, 7) is 2.06. The number of hydrogen-bond donors (Lipinski definition) is 3. The summed E-state index contributed by atoms with van der Waals surface area (Å²) in [5.74, 6) is -0.0416.